The minimum Gasteiger partial charge on any atom is -0.275 e. The summed E-state index contributed by atoms with van der Waals surface area (Å²) in [6.45, 7) is 3.64. The summed E-state index contributed by atoms with van der Waals surface area (Å²) in [6, 6.07) is 0. The summed E-state index contributed by atoms with van der Waals surface area (Å²) in [7, 11) is 0. The Balaban J connectivity index is 2.29. The summed E-state index contributed by atoms with van der Waals surface area (Å²) in [5.41, 5.74) is -1.53. The van der Waals surface area contributed by atoms with E-state index in [4.69, 9.17) is 0 Å². The highest BCUT2D eigenvalue weighted by Crippen LogP contribution is 2.44. The van der Waals surface area contributed by atoms with E-state index >= 15 is 0 Å². The first kappa shape index (κ1) is 9.83. The Bertz CT molecular complexity index is 276. The Labute approximate surface area is 81.6 Å². The number of carbonyl (C=O) groups is 1. The zero-order valence-electron chi connectivity index (χ0n) is 8.39. The van der Waals surface area contributed by atoms with E-state index in [9.17, 15) is 13.6 Å². The number of nitrogens with zero attached hydrogens (tertiary/aromatic N) is 2. The molecule has 80 valence electrons. The summed E-state index contributed by atoms with van der Waals surface area (Å²) in [5.74, 6) is -3.38. The molecule has 0 spiro atoms. The minimum absolute atomic E-state index is 0.148. The van der Waals surface area contributed by atoms with Gasteiger partial charge in [0, 0.05) is 26.6 Å². The van der Waals surface area contributed by atoms with Gasteiger partial charge >= 0.3 is 0 Å². The van der Waals surface area contributed by atoms with E-state index in [2.05, 4.69) is 0 Å². The number of rotatable bonds is 1. The van der Waals surface area contributed by atoms with E-state index in [0.717, 1.165) is 19.9 Å². The fourth-order valence-corrected chi connectivity index (χ4v) is 2.10. The fourth-order valence-electron chi connectivity index (χ4n) is 2.10. The van der Waals surface area contributed by atoms with Gasteiger partial charge in [0.25, 0.3) is 5.92 Å². The molecule has 1 amide bonds. The molecule has 0 radical (unpaired) electrons. The highest BCUT2D eigenvalue weighted by atomic mass is 19.3. The van der Waals surface area contributed by atoms with Gasteiger partial charge in [-0.15, -0.1) is 0 Å². The van der Waals surface area contributed by atoms with E-state index in [1.807, 2.05) is 0 Å². The Morgan fingerprint density at radius 2 is 2.07 bits per heavy atom. The highest BCUT2D eigenvalue weighted by molar-refractivity contribution is 5.85. The summed E-state index contributed by atoms with van der Waals surface area (Å²) in [4.78, 5) is 11.8. The molecule has 2 rings (SSSR count). The zero-order valence-corrected chi connectivity index (χ0v) is 8.39. The van der Waals surface area contributed by atoms with Gasteiger partial charge < -0.3 is 0 Å². The third kappa shape index (κ3) is 1.08. The van der Waals surface area contributed by atoms with E-state index in [-0.39, 0.29) is 6.54 Å². The fraction of sp³-hybridized carbons (Fsp3) is 0.889. The van der Waals surface area contributed by atoms with Gasteiger partial charge in [0.05, 0.1) is 0 Å². The molecule has 2 fully saturated rings. The zero-order chi connectivity index (χ0) is 10.6. The van der Waals surface area contributed by atoms with Crippen molar-refractivity contribution in [1.82, 2.24) is 10.0 Å². The highest BCUT2D eigenvalue weighted by Gasteiger charge is 2.60. The molecule has 1 atom stereocenters. The van der Waals surface area contributed by atoms with Gasteiger partial charge in [-0.2, -0.15) is 0 Å². The van der Waals surface area contributed by atoms with E-state index in [1.165, 1.54) is 11.9 Å². The average molecular weight is 204 g/mol. The summed E-state index contributed by atoms with van der Waals surface area (Å²) in [6.07, 6.45) is 0.886. The normalized spacial score (nSPS) is 34.0. The van der Waals surface area contributed by atoms with Gasteiger partial charge in [-0.05, 0) is 13.3 Å². The van der Waals surface area contributed by atoms with E-state index in [1.54, 1.807) is 5.01 Å². The van der Waals surface area contributed by atoms with Gasteiger partial charge in [0.2, 0.25) is 5.91 Å². The molecular weight excluding hydrogens is 190 g/mol. The van der Waals surface area contributed by atoms with Gasteiger partial charge in [-0.1, -0.05) is 0 Å². The Kier molecular flexibility index (Phi) is 1.86. The van der Waals surface area contributed by atoms with Crippen molar-refractivity contribution in [2.45, 2.75) is 26.2 Å². The van der Waals surface area contributed by atoms with Crippen LogP contribution in [0.25, 0.3) is 0 Å². The van der Waals surface area contributed by atoms with Crippen molar-refractivity contribution in [3.63, 3.8) is 0 Å². The second-order valence-corrected chi connectivity index (χ2v) is 4.39. The quantitative estimate of drug-likeness (QED) is 0.638. The SMILES string of the molecule is CC(F)(F)[C@]1(C)CN2CCCN2C1=O. The molecule has 0 bridgehead atoms. The van der Waals surface area contributed by atoms with Crippen LogP contribution in [-0.4, -0.2) is 41.5 Å². The number of carbonyl (C=O) groups excluding carboxylic acids is 1. The van der Waals surface area contributed by atoms with Crippen molar-refractivity contribution in [3.05, 3.63) is 0 Å². The Morgan fingerprint density at radius 3 is 2.57 bits per heavy atom. The van der Waals surface area contributed by atoms with Gasteiger partial charge in [-0.25, -0.2) is 13.8 Å². The van der Waals surface area contributed by atoms with Crippen LogP contribution in [0.5, 0.6) is 0 Å². The average Bonchev–Trinajstić information content (AvgIpc) is 2.55. The minimum atomic E-state index is -2.95. The third-order valence-corrected chi connectivity index (χ3v) is 3.30. The van der Waals surface area contributed by atoms with Crippen LogP contribution in [0, 0.1) is 5.41 Å². The molecular formula is C9H14F2N2O. The van der Waals surface area contributed by atoms with Gasteiger partial charge in [-0.3, -0.25) is 9.80 Å². The van der Waals surface area contributed by atoms with E-state index < -0.39 is 17.2 Å². The smallest absolute Gasteiger partial charge is 0.260 e. The molecule has 0 aromatic rings. The lowest BCUT2D eigenvalue weighted by atomic mass is 9.84. The maximum atomic E-state index is 13.3. The molecule has 0 N–H and O–H groups in total. The molecule has 3 nitrogen and oxygen atoms in total. The number of hydrogen-bond donors (Lipinski definition) is 0. The first-order valence-electron chi connectivity index (χ1n) is 4.81. The predicted octanol–water partition coefficient (Wildman–Crippen LogP) is 1.11. The molecule has 2 aliphatic heterocycles. The van der Waals surface area contributed by atoms with Crippen LogP contribution in [0.1, 0.15) is 20.3 Å². The van der Waals surface area contributed by atoms with Crippen molar-refractivity contribution in [2.24, 2.45) is 5.41 Å². The van der Waals surface area contributed by atoms with Gasteiger partial charge in [0.15, 0.2) is 0 Å². The second kappa shape index (κ2) is 2.66. The van der Waals surface area contributed by atoms with Crippen LogP contribution in [0.15, 0.2) is 0 Å². The van der Waals surface area contributed by atoms with Crippen LogP contribution in [0.2, 0.25) is 0 Å². The van der Waals surface area contributed by atoms with Crippen LogP contribution < -0.4 is 0 Å². The number of halogens is 2. The molecule has 0 unspecified atom stereocenters. The molecule has 0 aromatic heterocycles. The number of alkyl halides is 2. The maximum Gasteiger partial charge on any atom is 0.260 e. The van der Waals surface area contributed by atoms with E-state index in [0.29, 0.717) is 6.54 Å². The Morgan fingerprint density at radius 1 is 1.43 bits per heavy atom. The van der Waals surface area contributed by atoms with Crippen LogP contribution in [-0.2, 0) is 4.79 Å². The largest absolute Gasteiger partial charge is 0.275 e. The second-order valence-electron chi connectivity index (χ2n) is 4.39. The van der Waals surface area contributed by atoms with Crippen molar-refractivity contribution < 1.29 is 13.6 Å². The molecule has 14 heavy (non-hydrogen) atoms. The van der Waals surface area contributed by atoms with Crippen molar-refractivity contribution in [3.8, 4) is 0 Å². The topological polar surface area (TPSA) is 23.6 Å². The maximum absolute atomic E-state index is 13.3. The van der Waals surface area contributed by atoms with Crippen molar-refractivity contribution in [1.29, 1.82) is 0 Å². The molecule has 0 aromatic carbocycles. The van der Waals surface area contributed by atoms with Crippen LogP contribution in [0.3, 0.4) is 0 Å². The number of amides is 1. The molecule has 5 heteroatoms. The molecule has 0 saturated carbocycles. The lowest BCUT2D eigenvalue weighted by Gasteiger charge is -2.28. The number of fused-ring (bicyclic) bond motifs is 1. The molecule has 0 aliphatic carbocycles. The van der Waals surface area contributed by atoms with Crippen LogP contribution >= 0.6 is 0 Å². The lowest BCUT2D eigenvalue weighted by Crippen LogP contribution is -2.45. The molecule has 2 heterocycles. The first-order valence-corrected chi connectivity index (χ1v) is 4.81. The number of hydrogen-bond acceptors (Lipinski definition) is 2. The Hall–Kier alpha value is -0.710. The van der Waals surface area contributed by atoms with Gasteiger partial charge in [0.1, 0.15) is 5.41 Å². The first-order chi connectivity index (χ1) is 6.36. The predicted molar refractivity (Wildman–Crippen MR) is 46.6 cm³/mol. The monoisotopic (exact) mass is 204 g/mol. The summed E-state index contributed by atoms with van der Waals surface area (Å²) < 4.78 is 26.6. The number of hydrazine groups is 1. The standard InChI is InChI=1S/C9H14F2N2O/c1-8(9(2,10)11)6-12-4-3-5-13(12)7(8)14/h3-6H2,1-2H3/t8-/m1/s1. The molecule has 2 aliphatic rings. The summed E-state index contributed by atoms with van der Waals surface area (Å²) >= 11 is 0. The van der Waals surface area contributed by atoms with Crippen molar-refractivity contribution in [2.75, 3.05) is 19.6 Å². The summed E-state index contributed by atoms with van der Waals surface area (Å²) in [5, 5.41) is 3.21. The molecule has 2 saturated heterocycles. The van der Waals surface area contributed by atoms with Crippen LogP contribution in [0.4, 0.5) is 8.78 Å². The third-order valence-electron chi connectivity index (χ3n) is 3.30. The lowest BCUT2D eigenvalue weighted by molar-refractivity contribution is -0.154. The van der Waals surface area contributed by atoms with Crippen molar-refractivity contribution >= 4 is 5.91 Å².